The van der Waals surface area contributed by atoms with Gasteiger partial charge in [-0.25, -0.2) is 14.5 Å². The number of rotatable bonds is 18. The number of ether oxygens (including phenoxy) is 4. The number of nitrogens with one attached hydrogen (secondary N) is 3. The number of hydrogen-bond donors (Lipinski definition) is 3. The Hall–Kier alpha value is -6.79. The van der Waals surface area contributed by atoms with Crippen molar-refractivity contribution in [2.75, 3.05) is 76.3 Å². The van der Waals surface area contributed by atoms with Gasteiger partial charge in [0.15, 0.2) is 0 Å². The number of urea groups is 1. The Balaban J connectivity index is 1.12. The minimum Gasteiger partial charge on any atom is -0.438 e. The molecule has 0 radical (unpaired) electrons. The maximum absolute atomic E-state index is 13.6. The third kappa shape index (κ3) is 11.9. The van der Waals surface area contributed by atoms with E-state index in [-0.39, 0.29) is 11.3 Å². The van der Waals surface area contributed by atoms with E-state index in [4.69, 9.17) is 30.5 Å². The van der Waals surface area contributed by atoms with E-state index >= 15 is 0 Å². The van der Waals surface area contributed by atoms with Crippen molar-refractivity contribution in [3.63, 3.8) is 0 Å². The number of carbonyl (C=O) groups excluding carboxylic acids is 2. The summed E-state index contributed by atoms with van der Waals surface area (Å²) >= 11 is 0. The second kappa shape index (κ2) is 20.5. The zero-order valence-corrected chi connectivity index (χ0v) is 35.5. The molecule has 3 amide bonds. The van der Waals surface area contributed by atoms with Gasteiger partial charge in [0.05, 0.1) is 50.1 Å². The maximum atomic E-state index is 13.6. The predicted octanol–water partition coefficient (Wildman–Crippen LogP) is 7.60. The molecule has 0 atom stereocenters. The van der Waals surface area contributed by atoms with Crippen molar-refractivity contribution in [2.45, 2.75) is 32.6 Å². The summed E-state index contributed by atoms with van der Waals surface area (Å²) in [6.07, 6.45) is 7.68. The van der Waals surface area contributed by atoms with Gasteiger partial charge in [-0.1, -0.05) is 51.0 Å². The van der Waals surface area contributed by atoms with E-state index in [0.717, 1.165) is 33.4 Å². The molecule has 0 fully saturated rings. The Morgan fingerprint density at radius 2 is 1.59 bits per heavy atom. The molecule has 6 aromatic rings. The minimum absolute atomic E-state index is 0.246. The van der Waals surface area contributed by atoms with Gasteiger partial charge in [0.2, 0.25) is 5.88 Å². The first kappa shape index (κ1) is 43.8. The van der Waals surface area contributed by atoms with Crippen LogP contribution in [0.25, 0.3) is 16.5 Å². The molecular weight excluding hydrogens is 773 g/mol. The van der Waals surface area contributed by atoms with Crippen LogP contribution in [0.3, 0.4) is 0 Å². The summed E-state index contributed by atoms with van der Waals surface area (Å²) in [4.78, 5) is 37.8. The van der Waals surface area contributed by atoms with Crippen molar-refractivity contribution in [1.29, 1.82) is 0 Å². The van der Waals surface area contributed by atoms with E-state index in [9.17, 15) is 9.59 Å². The second-order valence-electron chi connectivity index (χ2n) is 15.3. The third-order valence-electron chi connectivity index (χ3n) is 9.48. The quantitative estimate of drug-likeness (QED) is 0.0584. The van der Waals surface area contributed by atoms with Gasteiger partial charge in [-0.3, -0.25) is 10.1 Å². The molecule has 2 heterocycles. The monoisotopic (exact) mass is 824 g/mol. The summed E-state index contributed by atoms with van der Waals surface area (Å²) < 4.78 is 23.9. The molecule has 14 nitrogen and oxygen atoms in total. The molecule has 3 N–H and O–H groups in total. The first-order valence-corrected chi connectivity index (χ1v) is 19.9. The van der Waals surface area contributed by atoms with E-state index in [1.165, 1.54) is 0 Å². The number of fused-ring (bicyclic) bond motifs is 1. The highest BCUT2D eigenvalue weighted by Gasteiger charge is 2.22. The fraction of sp³-hybridized carbons (Fsp3) is 0.298. The van der Waals surface area contributed by atoms with E-state index in [1.807, 2.05) is 79.7 Å². The van der Waals surface area contributed by atoms with Crippen LogP contribution in [-0.4, -0.2) is 92.5 Å². The van der Waals surface area contributed by atoms with Gasteiger partial charge in [-0.2, -0.15) is 10.1 Å². The summed E-state index contributed by atoms with van der Waals surface area (Å²) in [5.41, 5.74) is 4.79. The van der Waals surface area contributed by atoms with Gasteiger partial charge in [0.25, 0.3) is 5.91 Å². The van der Waals surface area contributed by atoms with E-state index in [1.54, 1.807) is 48.3 Å². The van der Waals surface area contributed by atoms with Crippen LogP contribution in [0, 0.1) is 12.3 Å². The topological polar surface area (TPSA) is 154 Å². The molecule has 6 rings (SSSR count). The second-order valence-corrected chi connectivity index (χ2v) is 15.3. The molecule has 0 aliphatic rings. The van der Waals surface area contributed by atoms with Gasteiger partial charge in [-0.15, -0.1) is 6.42 Å². The first-order chi connectivity index (χ1) is 29.4. The smallest absolute Gasteiger partial charge is 0.324 e. The van der Waals surface area contributed by atoms with E-state index < -0.39 is 6.03 Å². The molecule has 0 bridgehead atoms. The van der Waals surface area contributed by atoms with Crippen LogP contribution in [0.15, 0.2) is 97.2 Å². The lowest BCUT2D eigenvalue weighted by Crippen LogP contribution is -2.28. The average Bonchev–Trinajstić information content (AvgIpc) is 3.68. The number of anilines is 3. The molecule has 0 spiro atoms. The molecule has 0 saturated carbocycles. The number of aromatic nitrogens is 4. The van der Waals surface area contributed by atoms with E-state index in [0.29, 0.717) is 86.1 Å². The van der Waals surface area contributed by atoms with Crippen molar-refractivity contribution in [2.24, 2.45) is 0 Å². The van der Waals surface area contributed by atoms with Gasteiger partial charge in [0, 0.05) is 85.5 Å². The standard InChI is InChI=1S/C47H52N8O6/c1-8-32-27-33(29-34(28-32)45(56)49-21-22-59-25-26-60-24-23-58-7)30-42-48-20-19-44(51-42)61-40-18-17-39(37-11-9-10-12-38(37)40)50-46(57)52-43-31-41(47(2,3)4)53-55(43)36-15-13-35(14-16-36)54(5)6/h1,9-20,27-29,31H,21-26,30H2,2-7H3,(H,49,56)(H2,50,52,57). The Morgan fingerprint density at radius 1 is 0.852 bits per heavy atom. The third-order valence-corrected chi connectivity index (χ3v) is 9.48. The molecular formula is C47H52N8O6. The van der Waals surface area contributed by atoms with Crippen LogP contribution in [-0.2, 0) is 26.0 Å². The number of nitrogens with zero attached hydrogens (tertiary/aromatic N) is 5. The zero-order valence-electron chi connectivity index (χ0n) is 35.5. The Bertz CT molecular complexity index is 2490. The van der Waals surface area contributed by atoms with Crippen LogP contribution in [0.5, 0.6) is 11.6 Å². The van der Waals surface area contributed by atoms with Crippen LogP contribution >= 0.6 is 0 Å². The van der Waals surface area contributed by atoms with Gasteiger partial charge < -0.3 is 34.5 Å². The number of terminal acetylenes is 1. The Labute approximate surface area is 356 Å². The molecule has 61 heavy (non-hydrogen) atoms. The van der Waals surface area contributed by atoms with Gasteiger partial charge in [0.1, 0.15) is 17.4 Å². The lowest BCUT2D eigenvalue weighted by Gasteiger charge is -2.15. The highest BCUT2D eigenvalue weighted by Crippen LogP contribution is 2.34. The summed E-state index contributed by atoms with van der Waals surface area (Å²) in [6.45, 7) is 8.80. The fourth-order valence-electron chi connectivity index (χ4n) is 6.29. The molecule has 14 heteroatoms. The van der Waals surface area contributed by atoms with Gasteiger partial charge >= 0.3 is 6.03 Å². The SMILES string of the molecule is C#Cc1cc(Cc2nccc(Oc3ccc(NC(=O)Nc4cc(C(C)(C)C)nn4-c4ccc(N(C)C)cc4)c4ccccc34)n2)cc(C(=O)NCCOCCOCCOC)c1. The summed E-state index contributed by atoms with van der Waals surface area (Å²) in [5, 5.41) is 15.3. The highest BCUT2D eigenvalue weighted by atomic mass is 16.5. The molecule has 0 unspecified atom stereocenters. The van der Waals surface area contributed by atoms with Crippen LogP contribution in [0.2, 0.25) is 0 Å². The lowest BCUT2D eigenvalue weighted by atomic mass is 9.92. The molecule has 2 aromatic heterocycles. The Morgan fingerprint density at radius 3 is 2.31 bits per heavy atom. The largest absolute Gasteiger partial charge is 0.438 e. The van der Waals surface area contributed by atoms with Crippen molar-refractivity contribution in [1.82, 2.24) is 25.1 Å². The Kier molecular flexibility index (Phi) is 14.7. The highest BCUT2D eigenvalue weighted by molar-refractivity contribution is 6.07. The van der Waals surface area contributed by atoms with Crippen LogP contribution in [0.1, 0.15) is 53.8 Å². The summed E-state index contributed by atoms with van der Waals surface area (Å²) in [6, 6.07) is 27.6. The average molecular weight is 825 g/mol. The summed E-state index contributed by atoms with van der Waals surface area (Å²) in [7, 11) is 5.59. The minimum atomic E-state index is -0.426. The predicted molar refractivity (Wildman–Crippen MR) is 238 cm³/mol. The molecule has 0 aliphatic heterocycles. The van der Waals surface area contributed by atoms with Crippen LogP contribution < -0.4 is 25.6 Å². The number of amides is 3. The zero-order chi connectivity index (χ0) is 43.4. The van der Waals surface area contributed by atoms with Gasteiger partial charge in [-0.05, 0) is 60.2 Å². The maximum Gasteiger partial charge on any atom is 0.324 e. The van der Waals surface area contributed by atoms with Crippen molar-refractivity contribution >= 4 is 39.9 Å². The number of benzene rings is 4. The first-order valence-electron chi connectivity index (χ1n) is 19.9. The van der Waals surface area contributed by atoms with E-state index in [2.05, 4.69) is 52.6 Å². The number of carbonyl (C=O) groups is 2. The molecule has 0 saturated heterocycles. The van der Waals surface area contributed by atoms with Crippen molar-refractivity contribution in [3.8, 4) is 29.7 Å². The van der Waals surface area contributed by atoms with Crippen molar-refractivity contribution in [3.05, 3.63) is 125 Å². The van der Waals surface area contributed by atoms with Crippen molar-refractivity contribution < 1.29 is 28.5 Å². The normalized spacial score (nSPS) is 11.2. The lowest BCUT2D eigenvalue weighted by molar-refractivity contribution is 0.0255. The molecule has 316 valence electrons. The summed E-state index contributed by atoms with van der Waals surface area (Å²) in [5.74, 6) is 4.23. The number of methoxy groups -OCH3 is 1. The molecule has 0 aliphatic carbocycles. The molecule has 4 aromatic carbocycles. The number of hydrogen-bond acceptors (Lipinski definition) is 10. The fourth-order valence-corrected chi connectivity index (χ4v) is 6.29. The van der Waals surface area contributed by atoms with Crippen LogP contribution in [0.4, 0.5) is 22.0 Å².